The van der Waals surface area contributed by atoms with Gasteiger partial charge in [0, 0.05) is 9.86 Å². The van der Waals surface area contributed by atoms with E-state index in [0.29, 0.717) is 17.1 Å². The molecule has 4 rings (SSSR count). The molecule has 0 saturated carbocycles. The number of amides is 1. The van der Waals surface area contributed by atoms with Crippen LogP contribution < -0.4 is 14.9 Å². The van der Waals surface area contributed by atoms with Crippen LogP contribution in [0.2, 0.25) is 0 Å². The predicted octanol–water partition coefficient (Wildman–Crippen LogP) is 5.74. The Labute approximate surface area is 205 Å². The third-order valence-corrected chi connectivity index (χ3v) is 5.51. The predicted molar refractivity (Wildman–Crippen MR) is 135 cm³/mol. The van der Waals surface area contributed by atoms with Gasteiger partial charge in [-0.25, -0.2) is 10.2 Å². The summed E-state index contributed by atoms with van der Waals surface area (Å²) in [5, 5.41) is 5.97. The summed E-state index contributed by atoms with van der Waals surface area (Å²) < 4.78 is 12.1. The van der Waals surface area contributed by atoms with Crippen LogP contribution in [0.15, 0.2) is 101 Å². The minimum absolute atomic E-state index is 0.371. The van der Waals surface area contributed by atoms with E-state index in [1.165, 1.54) is 6.21 Å². The molecule has 0 aliphatic heterocycles. The van der Waals surface area contributed by atoms with Crippen LogP contribution in [-0.2, 0) is 4.79 Å². The largest absolute Gasteiger partial charge is 0.480 e. The molecule has 0 fully saturated rings. The van der Waals surface area contributed by atoms with Gasteiger partial charge in [-0.2, -0.15) is 5.10 Å². The number of hydrogen-bond acceptors (Lipinski definition) is 5. The van der Waals surface area contributed by atoms with Crippen molar-refractivity contribution in [2.75, 3.05) is 0 Å². The van der Waals surface area contributed by atoms with Crippen molar-refractivity contribution in [1.29, 1.82) is 0 Å². The van der Waals surface area contributed by atoms with Crippen molar-refractivity contribution in [2.45, 2.75) is 13.0 Å². The Bertz CT molecular complexity index is 1330. The van der Waals surface area contributed by atoms with Crippen molar-refractivity contribution in [3.05, 3.63) is 107 Å². The van der Waals surface area contributed by atoms with Gasteiger partial charge in [0.2, 0.25) is 0 Å². The van der Waals surface area contributed by atoms with E-state index in [0.717, 1.165) is 20.8 Å². The van der Waals surface area contributed by atoms with Crippen molar-refractivity contribution < 1.29 is 19.1 Å². The van der Waals surface area contributed by atoms with E-state index in [9.17, 15) is 9.59 Å². The molecule has 170 valence electrons. The van der Waals surface area contributed by atoms with Crippen LogP contribution in [0.25, 0.3) is 10.8 Å². The number of carbonyl (C=O) groups is 2. The molecule has 0 saturated heterocycles. The zero-order valence-corrected chi connectivity index (χ0v) is 19.9. The van der Waals surface area contributed by atoms with E-state index in [1.54, 1.807) is 55.5 Å². The summed E-state index contributed by atoms with van der Waals surface area (Å²) in [6.45, 7) is 1.67. The zero-order chi connectivity index (χ0) is 23.9. The van der Waals surface area contributed by atoms with Crippen molar-refractivity contribution in [2.24, 2.45) is 5.10 Å². The molecular formula is C27H21BrN2O4. The van der Waals surface area contributed by atoms with E-state index in [1.807, 2.05) is 42.5 Å². The summed E-state index contributed by atoms with van der Waals surface area (Å²) in [5.41, 5.74) is 3.67. The number of esters is 1. The second-order valence-corrected chi connectivity index (χ2v) is 8.35. The maximum atomic E-state index is 12.4. The topological polar surface area (TPSA) is 77.0 Å². The van der Waals surface area contributed by atoms with Gasteiger partial charge in [-0.15, -0.1) is 0 Å². The van der Waals surface area contributed by atoms with Crippen molar-refractivity contribution in [1.82, 2.24) is 5.43 Å². The fourth-order valence-electron chi connectivity index (χ4n) is 3.18. The number of hydrazone groups is 1. The van der Waals surface area contributed by atoms with E-state index in [4.69, 9.17) is 9.47 Å². The van der Waals surface area contributed by atoms with Gasteiger partial charge < -0.3 is 9.47 Å². The Morgan fingerprint density at radius 2 is 1.62 bits per heavy atom. The van der Waals surface area contributed by atoms with Crippen LogP contribution in [0, 0.1) is 0 Å². The molecule has 1 amide bonds. The summed E-state index contributed by atoms with van der Waals surface area (Å²) >= 11 is 3.33. The first-order chi connectivity index (χ1) is 16.5. The zero-order valence-electron chi connectivity index (χ0n) is 18.3. The summed E-state index contributed by atoms with van der Waals surface area (Å²) in [6, 6.07) is 27.2. The molecule has 0 radical (unpaired) electrons. The smallest absolute Gasteiger partial charge is 0.343 e. The standard InChI is InChI=1S/C27H21BrN2O4/c1-18(33-25-8-4-6-20-5-2-3-7-24(20)25)26(31)30-29-17-19-9-15-23(16-10-19)34-27(32)21-11-13-22(28)14-12-21/h2-18H,1H3,(H,30,31)/b29-17+. The van der Waals surface area contributed by atoms with Crippen LogP contribution in [-0.4, -0.2) is 24.2 Å². The molecule has 6 nitrogen and oxygen atoms in total. The highest BCUT2D eigenvalue weighted by Gasteiger charge is 2.15. The number of carbonyl (C=O) groups excluding carboxylic acids is 2. The molecule has 0 heterocycles. The Kier molecular flexibility index (Phi) is 7.34. The normalized spacial score (nSPS) is 11.8. The maximum Gasteiger partial charge on any atom is 0.343 e. The lowest BCUT2D eigenvalue weighted by Crippen LogP contribution is -2.33. The Morgan fingerprint density at radius 1 is 0.912 bits per heavy atom. The van der Waals surface area contributed by atoms with Crippen LogP contribution >= 0.6 is 15.9 Å². The molecule has 1 N–H and O–H groups in total. The lowest BCUT2D eigenvalue weighted by atomic mass is 10.1. The molecule has 0 aliphatic carbocycles. The highest BCUT2D eigenvalue weighted by atomic mass is 79.9. The van der Waals surface area contributed by atoms with Gasteiger partial charge in [0.25, 0.3) is 5.91 Å². The summed E-state index contributed by atoms with van der Waals surface area (Å²) in [6.07, 6.45) is 0.770. The monoisotopic (exact) mass is 516 g/mol. The van der Waals surface area contributed by atoms with Gasteiger partial charge in [0.15, 0.2) is 6.10 Å². The van der Waals surface area contributed by atoms with Gasteiger partial charge in [0.1, 0.15) is 11.5 Å². The van der Waals surface area contributed by atoms with Crippen LogP contribution in [0.1, 0.15) is 22.8 Å². The number of nitrogens with zero attached hydrogens (tertiary/aromatic N) is 1. The van der Waals surface area contributed by atoms with E-state index in [2.05, 4.69) is 26.5 Å². The van der Waals surface area contributed by atoms with E-state index >= 15 is 0 Å². The van der Waals surface area contributed by atoms with Crippen molar-refractivity contribution in [3.63, 3.8) is 0 Å². The maximum absolute atomic E-state index is 12.4. The molecule has 4 aromatic carbocycles. The van der Waals surface area contributed by atoms with Gasteiger partial charge in [-0.1, -0.05) is 52.3 Å². The number of rotatable bonds is 7. The summed E-state index contributed by atoms with van der Waals surface area (Å²) in [5.74, 6) is 0.231. The Balaban J connectivity index is 1.30. The SMILES string of the molecule is CC(Oc1cccc2ccccc12)C(=O)N/N=C/c1ccc(OC(=O)c2ccc(Br)cc2)cc1. The molecule has 0 bridgehead atoms. The fraction of sp³-hybridized carbons (Fsp3) is 0.0741. The van der Waals surface area contributed by atoms with Gasteiger partial charge >= 0.3 is 5.97 Å². The van der Waals surface area contributed by atoms with Gasteiger partial charge in [0.05, 0.1) is 11.8 Å². The van der Waals surface area contributed by atoms with Crippen LogP contribution in [0.3, 0.4) is 0 Å². The summed E-state index contributed by atoms with van der Waals surface area (Å²) in [7, 11) is 0. The van der Waals surface area contributed by atoms with Crippen molar-refractivity contribution in [3.8, 4) is 11.5 Å². The number of hydrogen-bond donors (Lipinski definition) is 1. The molecule has 4 aromatic rings. The number of nitrogens with one attached hydrogen (secondary N) is 1. The quantitative estimate of drug-likeness (QED) is 0.147. The minimum atomic E-state index is -0.733. The molecule has 0 aliphatic rings. The number of ether oxygens (including phenoxy) is 2. The highest BCUT2D eigenvalue weighted by Crippen LogP contribution is 2.26. The molecule has 1 unspecified atom stereocenters. The van der Waals surface area contributed by atoms with Crippen LogP contribution in [0.5, 0.6) is 11.5 Å². The molecular weight excluding hydrogens is 496 g/mol. The first kappa shape index (κ1) is 23.2. The molecule has 7 heteroatoms. The highest BCUT2D eigenvalue weighted by molar-refractivity contribution is 9.10. The lowest BCUT2D eigenvalue weighted by Gasteiger charge is -2.14. The second-order valence-electron chi connectivity index (χ2n) is 7.44. The third kappa shape index (κ3) is 5.88. The first-order valence-corrected chi connectivity index (χ1v) is 11.3. The number of fused-ring (bicyclic) bond motifs is 1. The summed E-state index contributed by atoms with van der Waals surface area (Å²) in [4.78, 5) is 24.6. The second kappa shape index (κ2) is 10.8. The third-order valence-electron chi connectivity index (χ3n) is 4.98. The fourth-order valence-corrected chi connectivity index (χ4v) is 3.44. The van der Waals surface area contributed by atoms with Gasteiger partial charge in [-0.05, 0) is 72.5 Å². The van der Waals surface area contributed by atoms with E-state index in [-0.39, 0.29) is 5.91 Å². The first-order valence-electron chi connectivity index (χ1n) is 10.5. The average molecular weight is 517 g/mol. The van der Waals surface area contributed by atoms with Crippen molar-refractivity contribution >= 4 is 44.8 Å². The van der Waals surface area contributed by atoms with E-state index < -0.39 is 12.1 Å². The minimum Gasteiger partial charge on any atom is -0.480 e. The molecule has 34 heavy (non-hydrogen) atoms. The molecule has 1 atom stereocenters. The lowest BCUT2D eigenvalue weighted by molar-refractivity contribution is -0.127. The van der Waals surface area contributed by atoms with Crippen LogP contribution in [0.4, 0.5) is 0 Å². The Hall–Kier alpha value is -3.97. The average Bonchev–Trinajstić information content (AvgIpc) is 2.85. The number of halogens is 1. The van der Waals surface area contributed by atoms with Gasteiger partial charge in [-0.3, -0.25) is 4.79 Å². The molecule has 0 aromatic heterocycles. The number of benzene rings is 4. The molecule has 0 spiro atoms. The Morgan fingerprint density at radius 3 is 2.38 bits per heavy atom.